The molecule has 1 unspecified atom stereocenters. The maximum absolute atomic E-state index is 11.9. The van der Waals surface area contributed by atoms with Crippen molar-refractivity contribution in [2.75, 3.05) is 13.6 Å². The Labute approximate surface area is 109 Å². The third-order valence-electron chi connectivity index (χ3n) is 2.95. The number of nitrogens with zero attached hydrogens (tertiary/aromatic N) is 1. The first-order valence-corrected chi connectivity index (χ1v) is 6.30. The summed E-state index contributed by atoms with van der Waals surface area (Å²) in [5, 5.41) is 0. The number of carbonyl (C=O) groups excluding carboxylic acids is 1. The number of amides is 1. The fourth-order valence-electron chi connectivity index (χ4n) is 1.76. The Hall–Kier alpha value is -1.61. The molecular weight excluding hydrogens is 224 g/mol. The Morgan fingerprint density at radius 3 is 2.72 bits per heavy atom. The lowest BCUT2D eigenvalue weighted by Crippen LogP contribution is -2.30. The van der Waals surface area contributed by atoms with E-state index in [2.05, 4.69) is 6.58 Å². The van der Waals surface area contributed by atoms with E-state index in [1.54, 1.807) is 4.90 Å². The van der Waals surface area contributed by atoms with E-state index in [4.69, 9.17) is 5.73 Å². The zero-order chi connectivity index (χ0) is 13.4. The molecule has 0 aliphatic carbocycles. The number of hydrogen-bond acceptors (Lipinski definition) is 2. The van der Waals surface area contributed by atoms with Crippen molar-refractivity contribution in [3.05, 3.63) is 48.6 Å². The van der Waals surface area contributed by atoms with Gasteiger partial charge in [-0.3, -0.25) is 4.79 Å². The van der Waals surface area contributed by atoms with Gasteiger partial charge in [-0.25, -0.2) is 0 Å². The molecule has 2 N–H and O–H groups in total. The molecule has 0 aromatic heterocycles. The van der Waals surface area contributed by atoms with Crippen LogP contribution in [0.1, 0.15) is 30.9 Å². The van der Waals surface area contributed by atoms with Crippen molar-refractivity contribution in [3.8, 4) is 0 Å². The number of benzene rings is 1. The lowest BCUT2D eigenvalue weighted by Gasteiger charge is -2.19. The largest absolute Gasteiger partial charge is 0.346 e. The van der Waals surface area contributed by atoms with E-state index < -0.39 is 0 Å². The van der Waals surface area contributed by atoms with E-state index in [0.29, 0.717) is 6.42 Å². The maximum atomic E-state index is 11.9. The van der Waals surface area contributed by atoms with Gasteiger partial charge < -0.3 is 10.6 Å². The molecule has 0 spiro atoms. The van der Waals surface area contributed by atoms with Crippen LogP contribution in [0.25, 0.3) is 0 Å². The second kappa shape index (κ2) is 7.67. The molecule has 98 valence electrons. The minimum absolute atomic E-state index is 0.0930. The van der Waals surface area contributed by atoms with Gasteiger partial charge in [-0.05, 0) is 18.4 Å². The van der Waals surface area contributed by atoms with Crippen molar-refractivity contribution in [1.29, 1.82) is 0 Å². The summed E-state index contributed by atoms with van der Waals surface area (Å²) in [6, 6.07) is 9.51. The Morgan fingerprint density at radius 1 is 1.44 bits per heavy atom. The standard InChI is InChI=1S/C15H22N2O/c1-3-4-8-11-17(2)15(18)12-14(16)13-9-6-5-7-10-13/h3,5-7,9-10,14H,1,4,8,11-12,16H2,2H3. The van der Waals surface area contributed by atoms with Crippen LogP contribution in [-0.4, -0.2) is 24.4 Å². The number of unbranched alkanes of at least 4 members (excludes halogenated alkanes) is 1. The lowest BCUT2D eigenvalue weighted by atomic mass is 10.0. The summed E-state index contributed by atoms with van der Waals surface area (Å²) in [4.78, 5) is 13.7. The highest BCUT2D eigenvalue weighted by Crippen LogP contribution is 2.14. The first-order chi connectivity index (χ1) is 8.65. The third kappa shape index (κ3) is 4.72. The van der Waals surface area contributed by atoms with Gasteiger partial charge in [-0.2, -0.15) is 0 Å². The molecule has 0 radical (unpaired) electrons. The van der Waals surface area contributed by atoms with Gasteiger partial charge in [-0.15, -0.1) is 6.58 Å². The number of allylic oxidation sites excluding steroid dienone is 1. The quantitative estimate of drug-likeness (QED) is 0.593. The van der Waals surface area contributed by atoms with Gasteiger partial charge in [0.2, 0.25) is 5.91 Å². The topological polar surface area (TPSA) is 46.3 Å². The van der Waals surface area contributed by atoms with Gasteiger partial charge in [0.1, 0.15) is 0 Å². The Morgan fingerprint density at radius 2 is 2.11 bits per heavy atom. The molecule has 0 bridgehead atoms. The molecule has 1 rings (SSSR count). The van der Waals surface area contributed by atoms with Crippen molar-refractivity contribution >= 4 is 5.91 Å². The van der Waals surface area contributed by atoms with E-state index in [1.165, 1.54) is 0 Å². The summed E-state index contributed by atoms with van der Waals surface area (Å²) in [5.41, 5.74) is 7.03. The van der Waals surface area contributed by atoms with Crippen LogP contribution in [0.2, 0.25) is 0 Å². The van der Waals surface area contributed by atoms with Gasteiger partial charge in [-0.1, -0.05) is 36.4 Å². The number of hydrogen-bond donors (Lipinski definition) is 1. The summed E-state index contributed by atoms with van der Waals surface area (Å²) in [6.45, 7) is 4.42. The molecule has 0 heterocycles. The van der Waals surface area contributed by atoms with Crippen LogP contribution in [0.4, 0.5) is 0 Å². The van der Waals surface area contributed by atoms with Crippen molar-refractivity contribution in [3.63, 3.8) is 0 Å². The van der Waals surface area contributed by atoms with Gasteiger partial charge in [0, 0.05) is 26.1 Å². The Balaban J connectivity index is 2.41. The van der Waals surface area contributed by atoms with E-state index in [1.807, 2.05) is 43.5 Å². The monoisotopic (exact) mass is 246 g/mol. The minimum Gasteiger partial charge on any atom is -0.346 e. The second-order valence-corrected chi connectivity index (χ2v) is 4.47. The Bertz CT molecular complexity index is 375. The lowest BCUT2D eigenvalue weighted by molar-refractivity contribution is -0.130. The minimum atomic E-state index is -0.222. The van der Waals surface area contributed by atoms with Crippen LogP contribution in [0.15, 0.2) is 43.0 Å². The first kappa shape index (κ1) is 14.5. The van der Waals surface area contributed by atoms with Crippen LogP contribution in [0.5, 0.6) is 0 Å². The first-order valence-electron chi connectivity index (χ1n) is 6.30. The zero-order valence-corrected chi connectivity index (χ0v) is 11.0. The van der Waals surface area contributed by atoms with Crippen molar-refractivity contribution in [2.45, 2.75) is 25.3 Å². The number of rotatable bonds is 7. The molecule has 1 atom stereocenters. The smallest absolute Gasteiger partial charge is 0.224 e. The van der Waals surface area contributed by atoms with Crippen LogP contribution < -0.4 is 5.73 Å². The van der Waals surface area contributed by atoms with E-state index in [9.17, 15) is 4.79 Å². The molecule has 1 aromatic rings. The summed E-state index contributed by atoms with van der Waals surface area (Å²) in [5.74, 6) is 0.0930. The molecule has 0 saturated heterocycles. The van der Waals surface area contributed by atoms with Crippen LogP contribution in [-0.2, 0) is 4.79 Å². The van der Waals surface area contributed by atoms with E-state index in [0.717, 1.165) is 24.9 Å². The van der Waals surface area contributed by atoms with E-state index >= 15 is 0 Å². The molecule has 18 heavy (non-hydrogen) atoms. The molecule has 0 saturated carbocycles. The van der Waals surface area contributed by atoms with E-state index in [-0.39, 0.29) is 11.9 Å². The number of carbonyl (C=O) groups is 1. The van der Waals surface area contributed by atoms with Gasteiger partial charge in [0.25, 0.3) is 0 Å². The predicted octanol–water partition coefficient (Wildman–Crippen LogP) is 2.50. The molecule has 1 amide bonds. The van der Waals surface area contributed by atoms with Gasteiger partial charge >= 0.3 is 0 Å². The summed E-state index contributed by atoms with van der Waals surface area (Å²) >= 11 is 0. The highest BCUT2D eigenvalue weighted by atomic mass is 16.2. The molecule has 0 aliphatic heterocycles. The molecule has 0 fully saturated rings. The van der Waals surface area contributed by atoms with Crippen LogP contribution >= 0.6 is 0 Å². The van der Waals surface area contributed by atoms with Gasteiger partial charge in [0.05, 0.1) is 0 Å². The highest BCUT2D eigenvalue weighted by molar-refractivity contribution is 5.76. The molecular formula is C15H22N2O. The van der Waals surface area contributed by atoms with Crippen molar-refractivity contribution in [2.24, 2.45) is 5.73 Å². The zero-order valence-electron chi connectivity index (χ0n) is 11.0. The summed E-state index contributed by atoms with van der Waals surface area (Å²) < 4.78 is 0. The van der Waals surface area contributed by atoms with Crippen molar-refractivity contribution in [1.82, 2.24) is 4.90 Å². The summed E-state index contributed by atoms with van der Waals surface area (Å²) in [7, 11) is 1.82. The fraction of sp³-hybridized carbons (Fsp3) is 0.400. The van der Waals surface area contributed by atoms with Crippen LogP contribution in [0, 0.1) is 0 Å². The average Bonchev–Trinajstić information content (AvgIpc) is 2.39. The normalized spacial score (nSPS) is 11.9. The van der Waals surface area contributed by atoms with Crippen molar-refractivity contribution < 1.29 is 4.79 Å². The Kier molecular flexibility index (Phi) is 6.15. The second-order valence-electron chi connectivity index (χ2n) is 4.47. The SMILES string of the molecule is C=CCCCN(C)C(=O)CC(N)c1ccccc1. The fourth-order valence-corrected chi connectivity index (χ4v) is 1.76. The maximum Gasteiger partial charge on any atom is 0.224 e. The average molecular weight is 246 g/mol. The molecule has 0 aliphatic rings. The van der Waals surface area contributed by atoms with Crippen LogP contribution in [0.3, 0.4) is 0 Å². The highest BCUT2D eigenvalue weighted by Gasteiger charge is 2.14. The predicted molar refractivity (Wildman–Crippen MR) is 75.1 cm³/mol. The molecule has 3 heteroatoms. The van der Waals surface area contributed by atoms with Gasteiger partial charge in [0.15, 0.2) is 0 Å². The number of nitrogens with two attached hydrogens (primary N) is 1. The third-order valence-corrected chi connectivity index (χ3v) is 2.95. The molecule has 1 aromatic carbocycles. The molecule has 3 nitrogen and oxygen atoms in total. The summed E-state index contributed by atoms with van der Waals surface area (Å²) in [6.07, 6.45) is 4.11.